The number of guanidine groups is 1. The molecule has 0 saturated heterocycles. The highest BCUT2D eigenvalue weighted by molar-refractivity contribution is 5.92. The van der Waals surface area contributed by atoms with Crippen LogP contribution in [0.25, 0.3) is 0 Å². The van der Waals surface area contributed by atoms with Crippen LogP contribution >= 0.6 is 0 Å². The molecule has 0 bridgehead atoms. The molecule has 0 aliphatic carbocycles. The molecule has 1 atom stereocenters. The van der Waals surface area contributed by atoms with E-state index in [0.29, 0.717) is 25.9 Å². The van der Waals surface area contributed by atoms with E-state index in [-0.39, 0.29) is 24.3 Å². The van der Waals surface area contributed by atoms with E-state index >= 15 is 0 Å². The first-order valence-electron chi connectivity index (χ1n) is 15.2. The summed E-state index contributed by atoms with van der Waals surface area (Å²) in [6.45, 7) is 0.920. The standard InChI is InChI=1S/C29H35N7O3.2C2HF3O2/c30-28(31)33-17-7-12-24(26(37)34-18-20-13-15-21(16-14-20)19-35-29(32)39)36-27(38)25(22-8-3-1-4-9-22)23-10-5-2-6-11-23;2*3-2(4,5)1(6)7/h1-6,8-11,13-16,24-25H,7,12,17-19H2,(H,34,37)(H,36,38)(H4,30,31,33)(H3,32,35,39);2*(H,6,7). The summed E-state index contributed by atoms with van der Waals surface area (Å²) >= 11 is 0. The molecule has 4 amide bonds. The highest BCUT2D eigenvalue weighted by Crippen LogP contribution is 2.25. The highest BCUT2D eigenvalue weighted by Gasteiger charge is 2.39. The average Bonchev–Trinajstić information content (AvgIpc) is 3.08. The predicted molar refractivity (Wildman–Crippen MR) is 179 cm³/mol. The van der Waals surface area contributed by atoms with Crippen molar-refractivity contribution >= 4 is 35.7 Å². The first kappa shape index (κ1) is 44.7. The number of amides is 4. The molecule has 1 unspecified atom stereocenters. The Kier molecular flexibility index (Phi) is 18.4. The van der Waals surface area contributed by atoms with E-state index < -0.39 is 42.3 Å². The number of aliphatic carboxylic acids is 2. The number of alkyl halides is 6. The van der Waals surface area contributed by atoms with Gasteiger partial charge in [-0.2, -0.15) is 26.3 Å². The molecule has 0 aliphatic heterocycles. The maximum Gasteiger partial charge on any atom is 0.490 e. The normalized spacial score (nSPS) is 11.3. The summed E-state index contributed by atoms with van der Waals surface area (Å²) in [5.41, 5.74) is 19.4. The van der Waals surface area contributed by atoms with Gasteiger partial charge in [0.25, 0.3) is 0 Å². The van der Waals surface area contributed by atoms with Gasteiger partial charge in [-0.1, -0.05) is 84.9 Å². The van der Waals surface area contributed by atoms with Crippen LogP contribution in [0.4, 0.5) is 31.1 Å². The molecule has 53 heavy (non-hydrogen) atoms. The number of primary amides is 1. The minimum Gasteiger partial charge on any atom is -0.475 e. The van der Waals surface area contributed by atoms with Crippen molar-refractivity contribution in [3.63, 3.8) is 0 Å². The fraction of sp³-hybridized carbons (Fsp3) is 0.273. The van der Waals surface area contributed by atoms with E-state index in [0.717, 1.165) is 22.3 Å². The molecular formula is C33H37F6N7O7. The number of nitrogens with zero attached hydrogens (tertiary/aromatic N) is 1. The van der Waals surface area contributed by atoms with E-state index in [2.05, 4.69) is 20.9 Å². The molecule has 0 aromatic heterocycles. The molecule has 20 heteroatoms. The third kappa shape index (κ3) is 18.5. The van der Waals surface area contributed by atoms with Crippen molar-refractivity contribution in [2.24, 2.45) is 22.2 Å². The lowest BCUT2D eigenvalue weighted by atomic mass is 9.90. The summed E-state index contributed by atoms with van der Waals surface area (Å²) in [5.74, 6) is -6.71. The molecule has 0 radical (unpaired) electrons. The molecule has 288 valence electrons. The SMILES string of the molecule is NC(=O)NCc1ccc(CNC(=O)C(CCCN=C(N)N)NC(=O)C(c2ccccc2)c2ccccc2)cc1.O=C(O)C(F)(F)F.O=C(O)C(F)(F)F. The van der Waals surface area contributed by atoms with E-state index in [1.54, 1.807) is 0 Å². The van der Waals surface area contributed by atoms with Crippen molar-refractivity contribution in [1.82, 2.24) is 16.0 Å². The third-order valence-electron chi connectivity index (χ3n) is 6.55. The minimum absolute atomic E-state index is 0.0252. The lowest BCUT2D eigenvalue weighted by Gasteiger charge is -2.23. The Labute approximate surface area is 298 Å². The predicted octanol–water partition coefficient (Wildman–Crippen LogP) is 3.11. The maximum absolute atomic E-state index is 13.6. The molecule has 14 nitrogen and oxygen atoms in total. The molecule has 3 aromatic rings. The fourth-order valence-corrected chi connectivity index (χ4v) is 4.09. The number of benzene rings is 3. The van der Waals surface area contributed by atoms with Crippen LogP contribution in [0.1, 0.15) is 41.0 Å². The summed E-state index contributed by atoms with van der Waals surface area (Å²) < 4.78 is 63.5. The quantitative estimate of drug-likeness (QED) is 0.0551. The lowest BCUT2D eigenvalue weighted by molar-refractivity contribution is -0.193. The van der Waals surface area contributed by atoms with Crippen molar-refractivity contribution in [1.29, 1.82) is 0 Å². The average molecular weight is 758 g/mol. The van der Waals surface area contributed by atoms with Crippen LogP contribution in [0.2, 0.25) is 0 Å². The van der Waals surface area contributed by atoms with Gasteiger partial charge in [0.15, 0.2) is 5.96 Å². The zero-order chi connectivity index (χ0) is 40.2. The summed E-state index contributed by atoms with van der Waals surface area (Å²) in [4.78, 5) is 59.6. The second-order valence-corrected chi connectivity index (χ2v) is 10.6. The highest BCUT2D eigenvalue weighted by atomic mass is 19.4. The van der Waals surface area contributed by atoms with Gasteiger partial charge in [-0.3, -0.25) is 14.6 Å². The Morgan fingerprint density at radius 2 is 1.04 bits per heavy atom. The number of aliphatic imine (C=N–C) groups is 1. The molecule has 3 rings (SSSR count). The summed E-state index contributed by atoms with van der Waals surface area (Å²) in [5, 5.41) is 22.7. The van der Waals surface area contributed by atoms with Gasteiger partial charge in [0.1, 0.15) is 6.04 Å². The van der Waals surface area contributed by atoms with E-state index in [4.69, 9.17) is 37.0 Å². The first-order chi connectivity index (χ1) is 24.7. The number of urea groups is 1. The number of carbonyl (C=O) groups excluding carboxylic acids is 3. The van der Waals surface area contributed by atoms with Gasteiger partial charge in [-0.15, -0.1) is 0 Å². The van der Waals surface area contributed by atoms with Crippen molar-refractivity contribution in [3.8, 4) is 0 Å². The number of carboxylic acids is 2. The van der Waals surface area contributed by atoms with Crippen LogP contribution in [-0.2, 0) is 32.3 Å². The van der Waals surface area contributed by atoms with Crippen LogP contribution < -0.4 is 33.2 Å². The van der Waals surface area contributed by atoms with E-state index in [9.17, 15) is 40.7 Å². The Bertz CT molecular complexity index is 1590. The van der Waals surface area contributed by atoms with Crippen LogP contribution in [0.3, 0.4) is 0 Å². The van der Waals surface area contributed by atoms with Crippen LogP contribution in [0, 0.1) is 0 Å². The van der Waals surface area contributed by atoms with Gasteiger partial charge < -0.3 is 43.4 Å². The van der Waals surface area contributed by atoms with Gasteiger partial charge in [-0.25, -0.2) is 14.4 Å². The number of nitrogens with one attached hydrogen (secondary N) is 3. The summed E-state index contributed by atoms with van der Waals surface area (Å²) in [6, 6.07) is 24.9. The monoisotopic (exact) mass is 757 g/mol. The molecule has 0 fully saturated rings. The van der Waals surface area contributed by atoms with Crippen molar-refractivity contribution < 1.29 is 60.5 Å². The van der Waals surface area contributed by atoms with Gasteiger partial charge in [-0.05, 0) is 35.1 Å². The second-order valence-electron chi connectivity index (χ2n) is 10.6. The van der Waals surface area contributed by atoms with Gasteiger partial charge in [0.2, 0.25) is 11.8 Å². The topological polar surface area (TPSA) is 252 Å². The fourth-order valence-electron chi connectivity index (χ4n) is 4.09. The zero-order valence-electron chi connectivity index (χ0n) is 27.7. The lowest BCUT2D eigenvalue weighted by Crippen LogP contribution is -2.48. The molecular weight excluding hydrogens is 720 g/mol. The molecule has 0 aliphatic rings. The van der Waals surface area contributed by atoms with Crippen molar-refractivity contribution in [2.45, 2.75) is 50.2 Å². The number of nitrogens with two attached hydrogens (primary N) is 3. The Hall–Kier alpha value is -6.34. The number of rotatable bonds is 13. The molecule has 3 aromatic carbocycles. The summed E-state index contributed by atoms with van der Waals surface area (Å²) in [6.07, 6.45) is -9.32. The number of hydrogen-bond donors (Lipinski definition) is 8. The zero-order valence-corrected chi connectivity index (χ0v) is 27.7. The number of carboxylic acid groups (broad SMARTS) is 2. The van der Waals surface area contributed by atoms with Crippen LogP contribution in [0.5, 0.6) is 0 Å². The smallest absolute Gasteiger partial charge is 0.475 e. The molecule has 11 N–H and O–H groups in total. The number of hydrogen-bond acceptors (Lipinski definition) is 6. The maximum atomic E-state index is 13.6. The first-order valence-corrected chi connectivity index (χ1v) is 15.2. The van der Waals surface area contributed by atoms with Gasteiger partial charge in [0, 0.05) is 19.6 Å². The number of halogens is 6. The van der Waals surface area contributed by atoms with Crippen molar-refractivity contribution in [3.05, 3.63) is 107 Å². The minimum atomic E-state index is -5.08. The van der Waals surface area contributed by atoms with Crippen LogP contribution in [-0.4, -0.2) is 70.9 Å². The van der Waals surface area contributed by atoms with Crippen LogP contribution in [0.15, 0.2) is 89.9 Å². The largest absolute Gasteiger partial charge is 0.490 e. The molecule has 0 heterocycles. The molecule has 0 saturated carbocycles. The Morgan fingerprint density at radius 1 is 0.642 bits per heavy atom. The third-order valence-corrected chi connectivity index (χ3v) is 6.55. The Morgan fingerprint density at radius 3 is 1.40 bits per heavy atom. The number of carbonyl (C=O) groups is 5. The second kappa shape index (κ2) is 21.8. The van der Waals surface area contributed by atoms with Crippen molar-refractivity contribution in [2.75, 3.05) is 6.54 Å². The van der Waals surface area contributed by atoms with E-state index in [1.807, 2.05) is 84.9 Å². The van der Waals surface area contributed by atoms with E-state index in [1.165, 1.54) is 0 Å². The molecule has 0 spiro atoms. The Balaban J connectivity index is 0.000000845. The van der Waals surface area contributed by atoms with Gasteiger partial charge >= 0.3 is 30.3 Å². The van der Waals surface area contributed by atoms with Gasteiger partial charge in [0.05, 0.1) is 5.92 Å². The summed E-state index contributed by atoms with van der Waals surface area (Å²) in [7, 11) is 0.